The van der Waals surface area contributed by atoms with E-state index in [9.17, 15) is 4.79 Å². The molecule has 1 N–H and O–H groups in total. The van der Waals surface area contributed by atoms with Gasteiger partial charge in [-0.25, -0.2) is 0 Å². The fraction of sp³-hybridized carbons (Fsp3) is 0.480. The Morgan fingerprint density at radius 2 is 1.61 bits per heavy atom. The number of nitrogens with one attached hydrogen (secondary N) is 1. The SMILES string of the molecule is CCN(CC)CCOc1cc(NC(=O)C(c2ccccc2)N(CC)CC)ccc1OC. The van der Waals surface area contributed by atoms with Gasteiger partial charge in [-0.2, -0.15) is 0 Å². The maximum absolute atomic E-state index is 13.3. The van der Waals surface area contributed by atoms with E-state index in [-0.39, 0.29) is 11.9 Å². The summed E-state index contributed by atoms with van der Waals surface area (Å²) in [5.41, 5.74) is 1.67. The Morgan fingerprint density at radius 3 is 2.19 bits per heavy atom. The number of ether oxygens (including phenoxy) is 2. The normalized spacial score (nSPS) is 12.1. The Kier molecular flexibility index (Phi) is 10.3. The second-order valence-corrected chi connectivity index (χ2v) is 7.26. The molecule has 6 nitrogen and oxygen atoms in total. The first-order valence-corrected chi connectivity index (χ1v) is 11.2. The smallest absolute Gasteiger partial charge is 0.246 e. The van der Waals surface area contributed by atoms with E-state index in [2.05, 4.69) is 42.8 Å². The first-order chi connectivity index (χ1) is 15.1. The second kappa shape index (κ2) is 13.0. The summed E-state index contributed by atoms with van der Waals surface area (Å²) in [5, 5.41) is 3.08. The van der Waals surface area contributed by atoms with Gasteiger partial charge >= 0.3 is 0 Å². The average Bonchev–Trinajstić information content (AvgIpc) is 2.80. The van der Waals surface area contributed by atoms with Crippen LogP contribution in [0.5, 0.6) is 11.5 Å². The highest BCUT2D eigenvalue weighted by atomic mass is 16.5. The maximum Gasteiger partial charge on any atom is 0.246 e. The molecule has 31 heavy (non-hydrogen) atoms. The molecule has 2 aromatic rings. The van der Waals surface area contributed by atoms with Crippen LogP contribution in [0.25, 0.3) is 0 Å². The summed E-state index contributed by atoms with van der Waals surface area (Å²) < 4.78 is 11.4. The van der Waals surface area contributed by atoms with E-state index in [0.717, 1.165) is 38.3 Å². The van der Waals surface area contributed by atoms with Crippen LogP contribution in [0.15, 0.2) is 48.5 Å². The standard InChI is InChI=1S/C25H37N3O3/c1-6-27(7-2)17-18-31-23-19-21(15-16-22(23)30-5)26-25(29)24(28(8-3)9-4)20-13-11-10-12-14-20/h10-16,19,24H,6-9,17-18H2,1-5H3,(H,26,29). The Hall–Kier alpha value is -2.57. The van der Waals surface area contributed by atoms with Crippen LogP contribution in [-0.2, 0) is 4.79 Å². The van der Waals surface area contributed by atoms with E-state index < -0.39 is 0 Å². The first-order valence-electron chi connectivity index (χ1n) is 11.2. The largest absolute Gasteiger partial charge is 0.493 e. The van der Waals surface area contributed by atoms with Crippen molar-refractivity contribution >= 4 is 11.6 Å². The quantitative estimate of drug-likeness (QED) is 0.512. The number of benzene rings is 2. The number of hydrogen-bond acceptors (Lipinski definition) is 5. The molecule has 2 rings (SSSR count). The Morgan fingerprint density at radius 1 is 0.935 bits per heavy atom. The van der Waals surface area contributed by atoms with E-state index in [1.54, 1.807) is 7.11 Å². The summed E-state index contributed by atoms with van der Waals surface area (Å²) in [6, 6.07) is 15.1. The van der Waals surface area contributed by atoms with Gasteiger partial charge in [-0.1, -0.05) is 58.0 Å². The zero-order chi connectivity index (χ0) is 22.6. The van der Waals surface area contributed by atoms with Gasteiger partial charge in [0.1, 0.15) is 12.6 Å². The molecule has 0 bridgehead atoms. The highest BCUT2D eigenvalue weighted by molar-refractivity contribution is 5.95. The Bertz CT molecular complexity index is 790. The zero-order valence-electron chi connectivity index (χ0n) is 19.6. The van der Waals surface area contributed by atoms with Gasteiger partial charge in [-0.05, 0) is 43.9 Å². The third-order valence-corrected chi connectivity index (χ3v) is 5.53. The predicted molar refractivity (Wildman–Crippen MR) is 127 cm³/mol. The highest BCUT2D eigenvalue weighted by Gasteiger charge is 2.26. The molecule has 2 aromatic carbocycles. The molecule has 0 spiro atoms. The summed E-state index contributed by atoms with van der Waals surface area (Å²) in [6.45, 7) is 13.4. The Balaban J connectivity index is 2.18. The van der Waals surface area contributed by atoms with Crippen LogP contribution >= 0.6 is 0 Å². The number of rotatable bonds is 13. The first kappa shape index (κ1) is 24.7. The summed E-state index contributed by atoms with van der Waals surface area (Å²) in [4.78, 5) is 17.7. The lowest BCUT2D eigenvalue weighted by atomic mass is 10.0. The van der Waals surface area contributed by atoms with Gasteiger partial charge in [0.05, 0.1) is 7.11 Å². The fourth-order valence-electron chi connectivity index (χ4n) is 3.65. The summed E-state index contributed by atoms with van der Waals surface area (Å²) in [5.74, 6) is 1.22. The molecule has 6 heteroatoms. The van der Waals surface area contributed by atoms with Crippen LogP contribution in [0.4, 0.5) is 5.69 Å². The van der Waals surface area contributed by atoms with Crippen molar-refractivity contribution in [3.8, 4) is 11.5 Å². The van der Waals surface area contributed by atoms with Crippen LogP contribution in [0.2, 0.25) is 0 Å². The molecule has 0 aromatic heterocycles. The molecule has 0 saturated carbocycles. The van der Waals surface area contributed by atoms with Crippen LogP contribution < -0.4 is 14.8 Å². The number of likely N-dealkylation sites (N-methyl/N-ethyl adjacent to an activating group) is 2. The van der Waals surface area contributed by atoms with E-state index in [0.29, 0.717) is 23.8 Å². The molecular weight excluding hydrogens is 390 g/mol. The monoisotopic (exact) mass is 427 g/mol. The van der Waals surface area contributed by atoms with Crippen molar-refractivity contribution in [2.75, 3.05) is 51.8 Å². The predicted octanol–water partition coefficient (Wildman–Crippen LogP) is 4.44. The van der Waals surface area contributed by atoms with Gasteiger partial charge in [0, 0.05) is 18.3 Å². The van der Waals surface area contributed by atoms with Crippen molar-refractivity contribution in [3.63, 3.8) is 0 Å². The van der Waals surface area contributed by atoms with Crippen LogP contribution in [0, 0.1) is 0 Å². The average molecular weight is 428 g/mol. The minimum atomic E-state index is -0.356. The highest BCUT2D eigenvalue weighted by Crippen LogP contribution is 2.31. The third kappa shape index (κ3) is 6.97. The minimum Gasteiger partial charge on any atom is -0.493 e. The topological polar surface area (TPSA) is 54.0 Å². The van der Waals surface area contributed by atoms with Gasteiger partial charge in [0.15, 0.2) is 11.5 Å². The van der Waals surface area contributed by atoms with Gasteiger partial charge in [0.2, 0.25) is 5.91 Å². The van der Waals surface area contributed by atoms with Gasteiger partial charge in [-0.15, -0.1) is 0 Å². The molecule has 0 aliphatic carbocycles. The second-order valence-electron chi connectivity index (χ2n) is 7.26. The summed E-state index contributed by atoms with van der Waals surface area (Å²) in [6.07, 6.45) is 0. The number of methoxy groups -OCH3 is 1. The molecule has 0 saturated heterocycles. The lowest BCUT2D eigenvalue weighted by Crippen LogP contribution is -2.37. The number of nitrogens with zero attached hydrogens (tertiary/aromatic N) is 2. The van der Waals surface area contributed by atoms with Crippen LogP contribution in [0.3, 0.4) is 0 Å². The van der Waals surface area contributed by atoms with Crippen LogP contribution in [-0.4, -0.2) is 62.1 Å². The lowest BCUT2D eigenvalue weighted by molar-refractivity contribution is -0.121. The van der Waals surface area contributed by atoms with Gasteiger partial charge in [0.25, 0.3) is 0 Å². The third-order valence-electron chi connectivity index (χ3n) is 5.53. The van der Waals surface area contributed by atoms with E-state index in [1.165, 1.54) is 0 Å². The number of carbonyl (C=O) groups excluding carboxylic acids is 1. The van der Waals surface area contributed by atoms with Crippen molar-refractivity contribution < 1.29 is 14.3 Å². The van der Waals surface area contributed by atoms with E-state index in [1.807, 2.05) is 48.5 Å². The maximum atomic E-state index is 13.3. The van der Waals surface area contributed by atoms with Crippen molar-refractivity contribution in [1.82, 2.24) is 9.80 Å². The molecule has 1 unspecified atom stereocenters. The number of anilines is 1. The van der Waals surface area contributed by atoms with Crippen molar-refractivity contribution in [3.05, 3.63) is 54.1 Å². The molecular formula is C25H37N3O3. The molecule has 170 valence electrons. The molecule has 1 atom stereocenters. The molecule has 0 heterocycles. The van der Waals surface area contributed by atoms with Crippen molar-refractivity contribution in [1.29, 1.82) is 0 Å². The van der Waals surface area contributed by atoms with Crippen molar-refractivity contribution in [2.24, 2.45) is 0 Å². The van der Waals surface area contributed by atoms with Crippen LogP contribution in [0.1, 0.15) is 39.3 Å². The molecule has 0 radical (unpaired) electrons. The fourth-order valence-corrected chi connectivity index (χ4v) is 3.65. The number of hydrogen-bond donors (Lipinski definition) is 1. The summed E-state index contributed by atoms with van der Waals surface area (Å²) in [7, 11) is 1.62. The molecule has 1 amide bonds. The lowest BCUT2D eigenvalue weighted by Gasteiger charge is -2.29. The van der Waals surface area contributed by atoms with E-state index in [4.69, 9.17) is 9.47 Å². The summed E-state index contributed by atoms with van der Waals surface area (Å²) >= 11 is 0. The molecule has 0 fully saturated rings. The minimum absolute atomic E-state index is 0.0610. The molecule has 0 aliphatic rings. The van der Waals surface area contributed by atoms with Gasteiger partial charge in [-0.3, -0.25) is 9.69 Å². The zero-order valence-corrected chi connectivity index (χ0v) is 19.6. The van der Waals surface area contributed by atoms with E-state index >= 15 is 0 Å². The number of carbonyl (C=O) groups is 1. The number of amides is 1. The van der Waals surface area contributed by atoms with Gasteiger partial charge < -0.3 is 19.7 Å². The van der Waals surface area contributed by atoms with Crippen molar-refractivity contribution in [2.45, 2.75) is 33.7 Å². The Labute approximate surface area is 187 Å². The molecule has 0 aliphatic heterocycles.